The summed E-state index contributed by atoms with van der Waals surface area (Å²) in [6, 6.07) is -0.434. The summed E-state index contributed by atoms with van der Waals surface area (Å²) in [5, 5.41) is 11.0. The van der Waals surface area contributed by atoms with E-state index in [1.165, 1.54) is 4.90 Å². The van der Waals surface area contributed by atoms with Crippen LogP contribution in [0.1, 0.15) is 40.5 Å². The van der Waals surface area contributed by atoms with Crippen molar-refractivity contribution in [1.82, 2.24) is 10.2 Å². The van der Waals surface area contributed by atoms with E-state index in [0.29, 0.717) is 13.1 Å². The van der Waals surface area contributed by atoms with E-state index >= 15 is 0 Å². The van der Waals surface area contributed by atoms with Gasteiger partial charge in [-0.1, -0.05) is 13.8 Å². The number of hydrogen-bond acceptors (Lipinski definition) is 3. The van der Waals surface area contributed by atoms with Crippen molar-refractivity contribution < 1.29 is 19.5 Å². The number of carboxylic acids is 1. The Balaban J connectivity index is 4.34. The average molecular weight is 258 g/mol. The molecular weight excluding hydrogens is 236 g/mol. The van der Waals surface area contributed by atoms with Gasteiger partial charge in [-0.15, -0.1) is 0 Å². The summed E-state index contributed by atoms with van der Waals surface area (Å²) in [6.45, 7) is 8.05. The van der Waals surface area contributed by atoms with Crippen LogP contribution in [0.3, 0.4) is 0 Å². The average Bonchev–Trinajstić information content (AvgIpc) is 2.15. The minimum atomic E-state index is -0.956. The van der Waals surface area contributed by atoms with E-state index in [9.17, 15) is 14.4 Å². The van der Waals surface area contributed by atoms with Gasteiger partial charge < -0.3 is 10.0 Å². The van der Waals surface area contributed by atoms with Crippen LogP contribution in [0.25, 0.3) is 0 Å². The molecule has 0 saturated heterocycles. The first-order chi connectivity index (χ1) is 8.21. The molecule has 0 aromatic heterocycles. The third-order valence-corrected chi connectivity index (χ3v) is 2.57. The molecule has 0 bridgehead atoms. The number of carbonyl (C=O) groups excluding carboxylic acids is 2. The second-order valence-corrected chi connectivity index (χ2v) is 4.94. The molecule has 6 heteroatoms. The number of aliphatic carboxylic acids is 1. The van der Waals surface area contributed by atoms with Crippen LogP contribution in [-0.2, 0) is 9.59 Å². The highest BCUT2D eigenvalue weighted by molar-refractivity contribution is 5.94. The molecule has 0 aliphatic heterocycles. The molecule has 0 aliphatic carbocycles. The van der Waals surface area contributed by atoms with E-state index in [0.717, 1.165) is 0 Å². The smallest absolute Gasteiger partial charge is 0.324 e. The molecular formula is C12H22N2O4. The van der Waals surface area contributed by atoms with Gasteiger partial charge in [-0.05, 0) is 19.3 Å². The van der Waals surface area contributed by atoms with Crippen LogP contribution in [0.4, 0.5) is 4.79 Å². The second-order valence-electron chi connectivity index (χ2n) is 4.94. The molecule has 0 aromatic rings. The number of imide groups is 1. The zero-order chi connectivity index (χ0) is 14.3. The van der Waals surface area contributed by atoms with Crippen LogP contribution in [0, 0.1) is 5.41 Å². The molecule has 104 valence electrons. The molecule has 3 amide bonds. The van der Waals surface area contributed by atoms with Crippen LogP contribution in [0.2, 0.25) is 0 Å². The molecule has 0 aromatic carbocycles. The Morgan fingerprint density at radius 1 is 1.11 bits per heavy atom. The van der Waals surface area contributed by atoms with Gasteiger partial charge in [-0.2, -0.15) is 0 Å². The lowest BCUT2D eigenvalue weighted by Crippen LogP contribution is -2.43. The molecule has 6 nitrogen and oxygen atoms in total. The van der Waals surface area contributed by atoms with Crippen LogP contribution >= 0.6 is 0 Å². The third kappa shape index (κ3) is 6.22. The van der Waals surface area contributed by atoms with E-state index in [4.69, 9.17) is 5.11 Å². The Kier molecular flexibility index (Phi) is 6.36. The summed E-state index contributed by atoms with van der Waals surface area (Å²) in [4.78, 5) is 35.3. The summed E-state index contributed by atoms with van der Waals surface area (Å²) in [7, 11) is 0. The van der Waals surface area contributed by atoms with Gasteiger partial charge in [0.25, 0.3) is 0 Å². The predicted octanol–water partition coefficient (Wildman–Crippen LogP) is 1.46. The predicted molar refractivity (Wildman–Crippen MR) is 67.1 cm³/mol. The van der Waals surface area contributed by atoms with Gasteiger partial charge in [0.15, 0.2) is 0 Å². The zero-order valence-electron chi connectivity index (χ0n) is 11.4. The van der Waals surface area contributed by atoms with E-state index in [1.807, 2.05) is 13.8 Å². The van der Waals surface area contributed by atoms with E-state index in [1.54, 1.807) is 13.8 Å². The third-order valence-electron chi connectivity index (χ3n) is 2.57. The number of rotatable bonds is 6. The van der Waals surface area contributed by atoms with Crippen molar-refractivity contribution in [2.45, 2.75) is 40.5 Å². The number of carboxylic acid groups (broad SMARTS) is 1. The van der Waals surface area contributed by atoms with E-state index in [2.05, 4.69) is 5.32 Å². The molecule has 0 aliphatic rings. The van der Waals surface area contributed by atoms with Crippen molar-refractivity contribution in [3.63, 3.8) is 0 Å². The lowest BCUT2D eigenvalue weighted by atomic mass is 9.85. The quantitative estimate of drug-likeness (QED) is 0.755. The lowest BCUT2D eigenvalue weighted by Gasteiger charge is -2.23. The highest BCUT2D eigenvalue weighted by Gasteiger charge is 2.26. The zero-order valence-corrected chi connectivity index (χ0v) is 11.4. The van der Waals surface area contributed by atoms with Gasteiger partial charge in [-0.3, -0.25) is 14.9 Å². The Labute approximate surface area is 107 Å². The van der Waals surface area contributed by atoms with Crippen LogP contribution in [0.15, 0.2) is 0 Å². The Hall–Kier alpha value is -1.59. The van der Waals surface area contributed by atoms with Gasteiger partial charge in [0.05, 0.1) is 6.42 Å². The molecule has 0 spiro atoms. The fourth-order valence-electron chi connectivity index (χ4n) is 1.66. The standard InChI is InChI=1S/C12H22N2O4/c1-5-14(6-2)11(18)13-9(15)7-12(3,4)8-10(16)17/h5-8H2,1-4H3,(H,16,17)(H,13,15,18). The van der Waals surface area contributed by atoms with Crippen molar-refractivity contribution in [1.29, 1.82) is 0 Å². The van der Waals surface area contributed by atoms with Crippen LogP contribution < -0.4 is 5.32 Å². The monoisotopic (exact) mass is 258 g/mol. The molecule has 0 atom stereocenters. The van der Waals surface area contributed by atoms with Crippen molar-refractivity contribution in [2.24, 2.45) is 5.41 Å². The second kappa shape index (κ2) is 6.98. The van der Waals surface area contributed by atoms with Crippen molar-refractivity contribution in [2.75, 3.05) is 13.1 Å². The van der Waals surface area contributed by atoms with Gasteiger partial charge in [-0.25, -0.2) is 4.79 Å². The van der Waals surface area contributed by atoms with Gasteiger partial charge in [0.2, 0.25) is 5.91 Å². The molecule has 0 fully saturated rings. The van der Waals surface area contributed by atoms with E-state index in [-0.39, 0.29) is 12.8 Å². The molecule has 0 saturated carbocycles. The molecule has 2 N–H and O–H groups in total. The number of urea groups is 1. The normalized spacial score (nSPS) is 10.9. The van der Waals surface area contributed by atoms with Gasteiger partial charge in [0, 0.05) is 19.5 Å². The first-order valence-corrected chi connectivity index (χ1v) is 6.02. The number of nitrogens with zero attached hydrogens (tertiary/aromatic N) is 1. The minimum absolute atomic E-state index is 0.00626. The van der Waals surface area contributed by atoms with Crippen molar-refractivity contribution in [3.8, 4) is 0 Å². The Morgan fingerprint density at radius 3 is 2.00 bits per heavy atom. The van der Waals surface area contributed by atoms with E-state index < -0.39 is 23.3 Å². The highest BCUT2D eigenvalue weighted by Crippen LogP contribution is 2.24. The maximum absolute atomic E-state index is 11.6. The topological polar surface area (TPSA) is 86.7 Å². The maximum Gasteiger partial charge on any atom is 0.324 e. The van der Waals surface area contributed by atoms with Crippen LogP contribution in [0.5, 0.6) is 0 Å². The molecule has 0 radical (unpaired) electrons. The lowest BCUT2D eigenvalue weighted by molar-refractivity contribution is -0.139. The van der Waals surface area contributed by atoms with Crippen LogP contribution in [-0.4, -0.2) is 41.0 Å². The molecule has 0 rings (SSSR count). The molecule has 0 heterocycles. The summed E-state index contributed by atoms with van der Waals surface area (Å²) >= 11 is 0. The van der Waals surface area contributed by atoms with Crippen molar-refractivity contribution >= 4 is 17.9 Å². The summed E-state index contributed by atoms with van der Waals surface area (Å²) in [5.41, 5.74) is -0.667. The van der Waals surface area contributed by atoms with Gasteiger partial charge >= 0.3 is 12.0 Å². The minimum Gasteiger partial charge on any atom is -0.481 e. The largest absolute Gasteiger partial charge is 0.481 e. The summed E-state index contributed by atoms with van der Waals surface area (Å²) < 4.78 is 0. The fraction of sp³-hybridized carbons (Fsp3) is 0.750. The van der Waals surface area contributed by atoms with Gasteiger partial charge in [0.1, 0.15) is 0 Å². The Bertz CT molecular complexity index is 322. The number of amides is 3. The first kappa shape index (κ1) is 16.4. The fourth-order valence-corrected chi connectivity index (χ4v) is 1.66. The molecule has 0 unspecified atom stereocenters. The highest BCUT2D eigenvalue weighted by atomic mass is 16.4. The number of nitrogens with one attached hydrogen (secondary N) is 1. The Morgan fingerprint density at radius 2 is 1.61 bits per heavy atom. The summed E-state index contributed by atoms with van der Waals surface area (Å²) in [6.07, 6.45) is -0.105. The first-order valence-electron chi connectivity index (χ1n) is 6.02. The SMILES string of the molecule is CCN(CC)C(=O)NC(=O)CC(C)(C)CC(=O)O. The number of hydrogen-bond donors (Lipinski definition) is 2. The maximum atomic E-state index is 11.6. The molecule has 18 heavy (non-hydrogen) atoms. The number of carbonyl (C=O) groups is 3. The summed E-state index contributed by atoms with van der Waals surface area (Å²) in [5.74, 6) is -1.40. The van der Waals surface area contributed by atoms with Crippen molar-refractivity contribution in [3.05, 3.63) is 0 Å².